The molecule has 0 aromatic rings. The van der Waals surface area contributed by atoms with Crippen molar-refractivity contribution in [2.75, 3.05) is 25.9 Å². The van der Waals surface area contributed by atoms with Gasteiger partial charge in [0.2, 0.25) is 0 Å². The second kappa shape index (κ2) is 7.51. The molecule has 0 aliphatic rings. The predicted molar refractivity (Wildman–Crippen MR) is 67.2 cm³/mol. The molecule has 0 bridgehead atoms. The predicted octanol–water partition coefficient (Wildman–Crippen LogP) is -1.40. The van der Waals surface area contributed by atoms with E-state index in [4.69, 9.17) is 10.2 Å². The zero-order chi connectivity index (χ0) is 12.7. The summed E-state index contributed by atoms with van der Waals surface area (Å²) in [6.45, 7) is 5.22. The molecule has 6 nitrogen and oxygen atoms in total. The number of rotatable bonds is 9. The first-order chi connectivity index (χ1) is 7.27. The van der Waals surface area contributed by atoms with Gasteiger partial charge in [-0.1, -0.05) is 0 Å². The molecule has 0 aliphatic carbocycles. The van der Waals surface area contributed by atoms with E-state index in [0.717, 1.165) is 6.54 Å². The van der Waals surface area contributed by atoms with Crippen LogP contribution in [0, 0.1) is 0 Å². The average Bonchev–Trinajstić information content (AvgIpc) is 2.14. The van der Waals surface area contributed by atoms with Crippen molar-refractivity contribution in [2.45, 2.75) is 25.6 Å². The van der Waals surface area contributed by atoms with Gasteiger partial charge >= 0.3 is 17.1 Å². The van der Waals surface area contributed by atoms with Gasteiger partial charge in [-0.05, 0) is 32.1 Å². The minimum Gasteiger partial charge on any atom is -0.411 e. The zero-order valence-corrected chi connectivity index (χ0v) is 12.1. The highest BCUT2D eigenvalue weighted by atomic mass is 28.4. The average molecular weight is 268 g/mol. The Bertz CT molecular complexity index is 187. The Morgan fingerprint density at radius 1 is 1.19 bits per heavy atom. The monoisotopic (exact) mass is 268 g/mol. The standard InChI is InChI=1S/C8H24N2O4Si2/c1-15(2,11)14-8-16(12,13)7-3-5-10-6-4-9/h10-13H,3-9H2,1-2H3. The highest BCUT2D eigenvalue weighted by Gasteiger charge is 2.32. The van der Waals surface area contributed by atoms with Crippen LogP contribution in [-0.2, 0) is 4.43 Å². The minimum atomic E-state index is -3.29. The lowest BCUT2D eigenvalue weighted by molar-refractivity contribution is 0.231. The van der Waals surface area contributed by atoms with Gasteiger partial charge in [0.1, 0.15) is 0 Å². The summed E-state index contributed by atoms with van der Waals surface area (Å²) in [5.74, 6) is 0. The molecule has 0 fully saturated rings. The molecule has 6 N–H and O–H groups in total. The van der Waals surface area contributed by atoms with Crippen LogP contribution in [0.4, 0.5) is 0 Å². The van der Waals surface area contributed by atoms with Gasteiger partial charge in [0.15, 0.2) is 0 Å². The van der Waals surface area contributed by atoms with Crippen LogP contribution in [-0.4, -0.2) is 57.4 Å². The maximum absolute atomic E-state index is 9.66. The first-order valence-electron chi connectivity index (χ1n) is 5.49. The highest BCUT2D eigenvalue weighted by molar-refractivity contribution is 6.68. The molecule has 0 heterocycles. The lowest BCUT2D eigenvalue weighted by Crippen LogP contribution is -2.46. The van der Waals surface area contributed by atoms with E-state index in [-0.39, 0.29) is 6.23 Å². The van der Waals surface area contributed by atoms with Crippen LogP contribution in [0.1, 0.15) is 6.42 Å². The molecule has 0 amide bonds. The summed E-state index contributed by atoms with van der Waals surface area (Å²) in [5, 5.41) is 3.07. The smallest absolute Gasteiger partial charge is 0.358 e. The molecule has 0 aromatic carbocycles. The minimum absolute atomic E-state index is 0.111. The molecule has 0 saturated heterocycles. The Balaban J connectivity index is 3.62. The lowest BCUT2D eigenvalue weighted by Gasteiger charge is -2.22. The molecule has 98 valence electrons. The Hall–Kier alpha value is 0.194. The van der Waals surface area contributed by atoms with Gasteiger partial charge in [0.25, 0.3) is 0 Å². The van der Waals surface area contributed by atoms with Crippen LogP contribution in [0.5, 0.6) is 0 Å². The topological polar surface area (TPSA) is 108 Å². The second-order valence-corrected chi connectivity index (χ2v) is 10.3. The number of hydrogen-bond acceptors (Lipinski definition) is 6. The Morgan fingerprint density at radius 3 is 2.31 bits per heavy atom. The number of nitrogens with two attached hydrogens (primary N) is 1. The normalized spacial score (nSPS) is 13.1. The van der Waals surface area contributed by atoms with Crippen LogP contribution in [0.2, 0.25) is 19.1 Å². The fourth-order valence-electron chi connectivity index (χ4n) is 1.09. The first-order valence-corrected chi connectivity index (χ1v) is 10.7. The summed E-state index contributed by atoms with van der Waals surface area (Å²) >= 11 is 0. The summed E-state index contributed by atoms with van der Waals surface area (Å²) in [5.41, 5.74) is 5.30. The lowest BCUT2D eigenvalue weighted by atomic mass is 10.5. The third-order valence-corrected chi connectivity index (χ3v) is 4.81. The van der Waals surface area contributed by atoms with Gasteiger partial charge in [0, 0.05) is 13.1 Å². The molecule has 0 aliphatic heterocycles. The van der Waals surface area contributed by atoms with Crippen LogP contribution in [0.15, 0.2) is 0 Å². The van der Waals surface area contributed by atoms with Crippen molar-refractivity contribution in [3.05, 3.63) is 0 Å². The molecular formula is C8H24N2O4Si2. The van der Waals surface area contributed by atoms with Crippen molar-refractivity contribution in [3.8, 4) is 0 Å². The van der Waals surface area contributed by atoms with Crippen molar-refractivity contribution in [1.29, 1.82) is 0 Å². The summed E-state index contributed by atoms with van der Waals surface area (Å²) in [6, 6.07) is 0.342. The van der Waals surface area contributed by atoms with E-state index in [0.29, 0.717) is 25.6 Å². The van der Waals surface area contributed by atoms with E-state index in [2.05, 4.69) is 5.32 Å². The summed E-state index contributed by atoms with van der Waals surface area (Å²) < 4.78 is 5.09. The second-order valence-electron chi connectivity index (χ2n) is 4.36. The number of hydrogen-bond donors (Lipinski definition) is 5. The van der Waals surface area contributed by atoms with E-state index >= 15 is 0 Å². The van der Waals surface area contributed by atoms with Gasteiger partial charge in [-0.25, -0.2) is 0 Å². The zero-order valence-electron chi connectivity index (χ0n) is 10.1. The van der Waals surface area contributed by atoms with Gasteiger partial charge < -0.3 is 29.9 Å². The summed E-state index contributed by atoms with van der Waals surface area (Å²) in [6.07, 6.45) is 0.565. The largest absolute Gasteiger partial charge is 0.411 e. The van der Waals surface area contributed by atoms with Crippen LogP contribution in [0.3, 0.4) is 0 Å². The molecule has 0 radical (unpaired) electrons. The third-order valence-electron chi connectivity index (χ3n) is 1.91. The van der Waals surface area contributed by atoms with Crippen LogP contribution < -0.4 is 11.1 Å². The third kappa shape index (κ3) is 10.7. The molecule has 0 rings (SSSR count). The fraction of sp³-hybridized carbons (Fsp3) is 1.00. The Morgan fingerprint density at radius 2 is 1.81 bits per heavy atom. The van der Waals surface area contributed by atoms with Crippen molar-refractivity contribution in [2.24, 2.45) is 5.73 Å². The summed E-state index contributed by atoms with van der Waals surface area (Å²) in [7, 11) is -5.94. The van der Waals surface area contributed by atoms with E-state index in [1.807, 2.05) is 0 Å². The van der Waals surface area contributed by atoms with Crippen molar-refractivity contribution < 1.29 is 18.8 Å². The molecule has 0 spiro atoms. The Kier molecular flexibility index (Phi) is 7.60. The molecule has 0 atom stereocenters. The Labute approximate surface area is 98.9 Å². The SMILES string of the molecule is C[Si](C)(O)OC[Si](O)(O)CCCNCCN. The first kappa shape index (κ1) is 16.2. The highest BCUT2D eigenvalue weighted by Crippen LogP contribution is 2.08. The maximum Gasteiger partial charge on any atom is 0.358 e. The number of nitrogens with one attached hydrogen (secondary N) is 1. The molecule has 16 heavy (non-hydrogen) atoms. The van der Waals surface area contributed by atoms with Crippen LogP contribution >= 0.6 is 0 Å². The molecule has 8 heteroatoms. The maximum atomic E-state index is 9.66. The molecule has 0 saturated carbocycles. The van der Waals surface area contributed by atoms with Crippen molar-refractivity contribution in [1.82, 2.24) is 5.32 Å². The van der Waals surface area contributed by atoms with E-state index in [1.165, 1.54) is 0 Å². The van der Waals surface area contributed by atoms with E-state index < -0.39 is 17.1 Å². The van der Waals surface area contributed by atoms with Gasteiger partial charge in [0.05, 0.1) is 6.23 Å². The fourth-order valence-corrected chi connectivity index (χ4v) is 4.31. The van der Waals surface area contributed by atoms with Gasteiger partial charge in [-0.3, -0.25) is 0 Å². The van der Waals surface area contributed by atoms with E-state index in [1.54, 1.807) is 13.1 Å². The van der Waals surface area contributed by atoms with Crippen LogP contribution in [0.25, 0.3) is 0 Å². The van der Waals surface area contributed by atoms with Gasteiger partial charge in [-0.2, -0.15) is 0 Å². The molecule has 0 unspecified atom stereocenters. The van der Waals surface area contributed by atoms with E-state index in [9.17, 15) is 14.4 Å². The summed E-state index contributed by atoms with van der Waals surface area (Å²) in [4.78, 5) is 28.7. The quantitative estimate of drug-likeness (QED) is 0.260. The van der Waals surface area contributed by atoms with Gasteiger partial charge in [-0.15, -0.1) is 0 Å². The molecular weight excluding hydrogens is 244 g/mol. The molecule has 0 aromatic heterocycles. The van der Waals surface area contributed by atoms with Crippen molar-refractivity contribution >= 4 is 17.1 Å². The van der Waals surface area contributed by atoms with Crippen molar-refractivity contribution in [3.63, 3.8) is 0 Å².